The Hall–Kier alpha value is -2.77. The van der Waals surface area contributed by atoms with Crippen LogP contribution in [0.5, 0.6) is 11.5 Å². The van der Waals surface area contributed by atoms with Gasteiger partial charge >= 0.3 is 0 Å². The van der Waals surface area contributed by atoms with E-state index < -0.39 is 0 Å². The third-order valence-corrected chi connectivity index (χ3v) is 5.93. The quantitative estimate of drug-likeness (QED) is 0.516. The monoisotopic (exact) mass is 441 g/mol. The van der Waals surface area contributed by atoms with Crippen molar-refractivity contribution in [3.05, 3.63) is 64.6 Å². The Kier molecular flexibility index (Phi) is 7.76. The summed E-state index contributed by atoms with van der Waals surface area (Å²) in [6, 6.07) is 15.1. The van der Waals surface area contributed by atoms with Gasteiger partial charge in [0.15, 0.2) is 11.5 Å². The first kappa shape index (κ1) is 22.9. The molecule has 3 rings (SSSR count). The highest BCUT2D eigenvalue weighted by atomic mass is 32.2. The first-order valence-corrected chi connectivity index (χ1v) is 11.1. The lowest BCUT2D eigenvalue weighted by atomic mass is 10.1. The van der Waals surface area contributed by atoms with Gasteiger partial charge in [-0.3, -0.25) is 14.5 Å². The molecule has 1 aliphatic heterocycles. The molecule has 0 aromatic heterocycles. The molecule has 0 bridgehead atoms. The number of thioether (sulfide) groups is 1. The predicted octanol–water partition coefficient (Wildman–Crippen LogP) is 4.14. The number of carbonyl (C=O) groups is 2. The molecule has 1 aliphatic rings. The molecule has 31 heavy (non-hydrogen) atoms. The molecule has 2 aromatic carbocycles. The third-order valence-electron chi connectivity index (χ3n) is 4.79. The molecule has 6 nitrogen and oxygen atoms in total. The molecule has 0 spiro atoms. The van der Waals surface area contributed by atoms with Gasteiger partial charge in [0.05, 0.1) is 44.0 Å². The summed E-state index contributed by atoms with van der Waals surface area (Å²) in [4.78, 5) is 28.2. The van der Waals surface area contributed by atoms with Crippen LogP contribution in [0, 0.1) is 0 Å². The fraction of sp³-hybridized carbons (Fsp3) is 0.333. The number of amides is 2. The van der Waals surface area contributed by atoms with Crippen molar-refractivity contribution in [2.24, 2.45) is 0 Å². The Bertz CT molecular complexity index is 971. The number of ether oxygens (including phenoxy) is 3. The zero-order valence-corrected chi connectivity index (χ0v) is 19.0. The highest BCUT2D eigenvalue weighted by Crippen LogP contribution is 2.40. The van der Waals surface area contributed by atoms with Crippen LogP contribution in [0.25, 0.3) is 5.57 Å². The van der Waals surface area contributed by atoms with Gasteiger partial charge in [0.2, 0.25) is 0 Å². The van der Waals surface area contributed by atoms with Gasteiger partial charge in [-0.15, -0.1) is 11.8 Å². The molecule has 0 unspecified atom stereocenters. The molecule has 0 saturated carbocycles. The molecule has 0 atom stereocenters. The molecular formula is C24H27NO5S. The lowest BCUT2D eigenvalue weighted by Gasteiger charge is -2.16. The van der Waals surface area contributed by atoms with E-state index in [-0.39, 0.29) is 24.5 Å². The van der Waals surface area contributed by atoms with Crippen LogP contribution in [0.4, 0.5) is 0 Å². The van der Waals surface area contributed by atoms with Crippen LogP contribution in [0.2, 0.25) is 0 Å². The Morgan fingerprint density at radius 3 is 2.29 bits per heavy atom. The topological polar surface area (TPSA) is 65.1 Å². The number of hydrogen-bond donors (Lipinski definition) is 0. The highest BCUT2D eigenvalue weighted by molar-refractivity contribution is 8.03. The number of imide groups is 1. The summed E-state index contributed by atoms with van der Waals surface area (Å²) in [5, 5.41) is 0. The summed E-state index contributed by atoms with van der Waals surface area (Å²) in [7, 11) is 3.09. The van der Waals surface area contributed by atoms with Crippen LogP contribution in [0.1, 0.15) is 25.0 Å². The zero-order chi connectivity index (χ0) is 22.4. The van der Waals surface area contributed by atoms with Gasteiger partial charge in [0.1, 0.15) is 0 Å². The van der Waals surface area contributed by atoms with E-state index in [4.69, 9.17) is 14.2 Å². The second kappa shape index (κ2) is 10.5. The van der Waals surface area contributed by atoms with Gasteiger partial charge in [0.25, 0.3) is 11.8 Å². The summed E-state index contributed by atoms with van der Waals surface area (Å²) >= 11 is 1.37. The molecule has 0 saturated heterocycles. The average Bonchev–Trinajstić information content (AvgIpc) is 3.01. The van der Waals surface area contributed by atoms with E-state index in [0.717, 1.165) is 5.56 Å². The lowest BCUT2D eigenvalue weighted by Crippen LogP contribution is -2.35. The predicted molar refractivity (Wildman–Crippen MR) is 122 cm³/mol. The van der Waals surface area contributed by atoms with Crippen LogP contribution < -0.4 is 9.47 Å². The number of methoxy groups -OCH3 is 2. The number of hydrogen-bond acceptors (Lipinski definition) is 6. The molecule has 0 radical (unpaired) electrons. The van der Waals surface area contributed by atoms with E-state index in [1.165, 1.54) is 23.8 Å². The molecule has 0 N–H and O–H groups in total. The Morgan fingerprint density at radius 1 is 0.935 bits per heavy atom. The summed E-state index contributed by atoms with van der Waals surface area (Å²) in [5.41, 5.74) is 2.09. The van der Waals surface area contributed by atoms with Crippen molar-refractivity contribution in [2.75, 3.05) is 27.4 Å². The second-order valence-electron chi connectivity index (χ2n) is 7.23. The fourth-order valence-electron chi connectivity index (χ4n) is 3.25. The van der Waals surface area contributed by atoms with E-state index >= 15 is 0 Å². The summed E-state index contributed by atoms with van der Waals surface area (Å²) in [6.45, 7) is 4.34. The maximum Gasteiger partial charge on any atom is 0.268 e. The van der Waals surface area contributed by atoms with Crippen molar-refractivity contribution in [3.63, 3.8) is 0 Å². The van der Waals surface area contributed by atoms with Gasteiger partial charge in [-0.05, 0) is 37.1 Å². The van der Waals surface area contributed by atoms with Crippen molar-refractivity contribution in [3.8, 4) is 11.5 Å². The first-order valence-electron chi connectivity index (χ1n) is 10.1. The fourth-order valence-corrected chi connectivity index (χ4v) is 4.33. The number of nitrogens with zero attached hydrogens (tertiary/aromatic N) is 1. The maximum atomic E-state index is 13.3. The summed E-state index contributed by atoms with van der Waals surface area (Å²) in [6.07, 6.45) is 0.0259. The minimum atomic E-state index is -0.319. The van der Waals surface area contributed by atoms with Gasteiger partial charge in [-0.25, -0.2) is 0 Å². The Morgan fingerprint density at radius 2 is 1.65 bits per heavy atom. The van der Waals surface area contributed by atoms with Gasteiger partial charge in [-0.1, -0.05) is 36.4 Å². The normalized spacial score (nSPS) is 14.0. The van der Waals surface area contributed by atoms with Crippen LogP contribution >= 0.6 is 11.8 Å². The van der Waals surface area contributed by atoms with E-state index in [1.54, 1.807) is 25.3 Å². The van der Waals surface area contributed by atoms with Crippen molar-refractivity contribution in [1.82, 2.24) is 4.90 Å². The molecule has 164 valence electrons. The van der Waals surface area contributed by atoms with Crippen molar-refractivity contribution in [1.29, 1.82) is 0 Å². The number of carbonyl (C=O) groups excluding carboxylic acids is 2. The largest absolute Gasteiger partial charge is 0.493 e. The standard InChI is InChI=1S/C24H27NO5S/c1-16(2)30-13-12-25-23(26)21(18-10-11-19(28-3)20(14-18)29-4)22(24(25)27)31-15-17-8-6-5-7-9-17/h5-11,14,16H,12-13,15H2,1-4H3. The van der Waals surface area contributed by atoms with Crippen LogP contribution in [0.3, 0.4) is 0 Å². The summed E-state index contributed by atoms with van der Waals surface area (Å²) in [5.74, 6) is 1.04. The first-order chi connectivity index (χ1) is 15.0. The van der Waals surface area contributed by atoms with Gasteiger partial charge < -0.3 is 14.2 Å². The van der Waals surface area contributed by atoms with E-state index in [9.17, 15) is 9.59 Å². The van der Waals surface area contributed by atoms with Crippen molar-refractivity contribution in [2.45, 2.75) is 25.7 Å². The highest BCUT2D eigenvalue weighted by Gasteiger charge is 2.39. The van der Waals surface area contributed by atoms with E-state index in [1.807, 2.05) is 44.2 Å². The Labute approximate surface area is 187 Å². The van der Waals surface area contributed by atoms with Crippen LogP contribution in [-0.2, 0) is 20.1 Å². The minimum absolute atomic E-state index is 0.0259. The average molecular weight is 442 g/mol. The molecule has 2 amide bonds. The van der Waals surface area contributed by atoms with E-state index in [0.29, 0.717) is 39.9 Å². The second-order valence-corrected chi connectivity index (χ2v) is 8.22. The molecule has 0 aliphatic carbocycles. The lowest BCUT2D eigenvalue weighted by molar-refractivity contribution is -0.137. The number of benzene rings is 2. The number of rotatable bonds is 10. The zero-order valence-electron chi connectivity index (χ0n) is 18.2. The van der Waals surface area contributed by atoms with Crippen molar-refractivity contribution >= 4 is 29.1 Å². The Balaban J connectivity index is 1.94. The SMILES string of the molecule is COc1ccc(C2=C(SCc3ccccc3)C(=O)N(CCOC(C)C)C2=O)cc1OC. The minimum Gasteiger partial charge on any atom is -0.493 e. The third kappa shape index (κ3) is 5.29. The van der Waals surface area contributed by atoms with Crippen LogP contribution in [0.15, 0.2) is 53.4 Å². The molecule has 0 fully saturated rings. The maximum absolute atomic E-state index is 13.3. The molecule has 7 heteroatoms. The smallest absolute Gasteiger partial charge is 0.268 e. The van der Waals surface area contributed by atoms with E-state index in [2.05, 4.69) is 0 Å². The molecular weight excluding hydrogens is 414 g/mol. The van der Waals surface area contributed by atoms with Gasteiger partial charge in [-0.2, -0.15) is 0 Å². The summed E-state index contributed by atoms with van der Waals surface area (Å²) < 4.78 is 16.3. The van der Waals surface area contributed by atoms with Crippen molar-refractivity contribution < 1.29 is 23.8 Å². The molecule has 2 aromatic rings. The van der Waals surface area contributed by atoms with Gasteiger partial charge in [0, 0.05) is 5.75 Å². The van der Waals surface area contributed by atoms with Crippen LogP contribution in [-0.4, -0.2) is 50.2 Å². The molecule has 1 heterocycles.